The number of hydrogen-bond donors (Lipinski definition) is 0. The van der Waals surface area contributed by atoms with Crippen LogP contribution in [0.3, 0.4) is 0 Å². The van der Waals surface area contributed by atoms with Crippen molar-refractivity contribution >= 4 is 17.0 Å². The van der Waals surface area contributed by atoms with Crippen LogP contribution in [0.1, 0.15) is 27.8 Å². The van der Waals surface area contributed by atoms with Gasteiger partial charge in [0.2, 0.25) is 0 Å². The molecule has 0 saturated carbocycles. The maximum absolute atomic E-state index is 4.64. The lowest BCUT2D eigenvalue weighted by Crippen LogP contribution is -1.94. The van der Waals surface area contributed by atoms with Gasteiger partial charge in [0, 0.05) is 12.6 Å². The minimum absolute atomic E-state index is 0.769. The van der Waals surface area contributed by atoms with Gasteiger partial charge in [-0.15, -0.1) is 0 Å². The van der Waals surface area contributed by atoms with Gasteiger partial charge in [-0.2, -0.15) is 0 Å². The molecule has 0 atom stereocenters. The molecule has 3 aromatic rings. The minimum Gasteiger partial charge on any atom is -0.292 e. The van der Waals surface area contributed by atoms with Gasteiger partial charge in [0.05, 0.1) is 6.54 Å². The molecule has 0 aromatic heterocycles. The maximum Gasteiger partial charge on any atom is 0.0641 e. The Morgan fingerprint density at radius 3 is 2.26 bits per heavy atom. The fraction of sp³-hybridized carbons (Fsp3) is 0.227. The molecule has 23 heavy (non-hydrogen) atoms. The molecule has 0 saturated heterocycles. The minimum atomic E-state index is 0.769. The monoisotopic (exact) mass is 301 g/mol. The summed E-state index contributed by atoms with van der Waals surface area (Å²) in [5.74, 6) is 0. The van der Waals surface area contributed by atoms with Crippen LogP contribution in [0.4, 0.5) is 0 Å². The number of benzene rings is 3. The molecule has 1 nitrogen and oxygen atoms in total. The van der Waals surface area contributed by atoms with E-state index in [0.717, 1.165) is 13.0 Å². The van der Waals surface area contributed by atoms with Crippen molar-refractivity contribution in [3.8, 4) is 0 Å². The van der Waals surface area contributed by atoms with E-state index in [1.807, 2.05) is 6.21 Å². The fourth-order valence-electron chi connectivity index (χ4n) is 3.15. The largest absolute Gasteiger partial charge is 0.292 e. The first-order valence-electron chi connectivity index (χ1n) is 8.16. The maximum atomic E-state index is 4.64. The highest BCUT2D eigenvalue weighted by Gasteiger charge is 2.02. The second-order valence-corrected chi connectivity index (χ2v) is 6.29. The normalized spacial score (nSPS) is 11.4. The highest BCUT2D eigenvalue weighted by Crippen LogP contribution is 2.18. The molecule has 1 heteroatoms. The van der Waals surface area contributed by atoms with E-state index in [0.29, 0.717) is 0 Å². The van der Waals surface area contributed by atoms with Crippen molar-refractivity contribution in [2.45, 2.75) is 33.7 Å². The predicted molar refractivity (Wildman–Crippen MR) is 101 cm³/mol. The summed E-state index contributed by atoms with van der Waals surface area (Å²) in [6.07, 6.45) is 2.93. The summed E-state index contributed by atoms with van der Waals surface area (Å²) in [5, 5.41) is 2.59. The van der Waals surface area contributed by atoms with Crippen LogP contribution in [0.25, 0.3) is 10.8 Å². The summed E-state index contributed by atoms with van der Waals surface area (Å²) >= 11 is 0. The summed E-state index contributed by atoms with van der Waals surface area (Å²) in [6.45, 7) is 7.26. The predicted octanol–water partition coefficient (Wildman–Crippen LogP) is 5.58. The molecule has 116 valence electrons. The third-order valence-corrected chi connectivity index (χ3v) is 4.36. The van der Waals surface area contributed by atoms with Gasteiger partial charge in [-0.25, -0.2) is 0 Å². The van der Waals surface area contributed by atoms with Crippen molar-refractivity contribution < 1.29 is 0 Å². The molecule has 0 aliphatic heterocycles. The van der Waals surface area contributed by atoms with Crippen LogP contribution < -0.4 is 0 Å². The van der Waals surface area contributed by atoms with Gasteiger partial charge in [-0.1, -0.05) is 60.2 Å². The van der Waals surface area contributed by atoms with Crippen molar-refractivity contribution in [2.24, 2.45) is 4.99 Å². The van der Waals surface area contributed by atoms with Crippen LogP contribution in [0.5, 0.6) is 0 Å². The van der Waals surface area contributed by atoms with Gasteiger partial charge in [0.1, 0.15) is 0 Å². The first-order valence-corrected chi connectivity index (χ1v) is 8.16. The molecule has 0 bridgehead atoms. The van der Waals surface area contributed by atoms with E-state index in [-0.39, 0.29) is 0 Å². The summed E-state index contributed by atoms with van der Waals surface area (Å²) in [6, 6.07) is 19.6. The molecule has 0 N–H and O–H groups in total. The average molecular weight is 301 g/mol. The molecular formula is C22H23N. The number of rotatable bonds is 4. The first kappa shape index (κ1) is 15.5. The number of aliphatic imine (C=N–C) groups is 1. The zero-order valence-electron chi connectivity index (χ0n) is 14.1. The van der Waals surface area contributed by atoms with Crippen molar-refractivity contribution in [3.63, 3.8) is 0 Å². The van der Waals surface area contributed by atoms with Crippen molar-refractivity contribution in [3.05, 3.63) is 82.4 Å². The highest BCUT2D eigenvalue weighted by atomic mass is 14.7. The molecule has 0 heterocycles. The van der Waals surface area contributed by atoms with Crippen LogP contribution in [0.2, 0.25) is 0 Å². The Bertz CT molecular complexity index is 836. The van der Waals surface area contributed by atoms with Gasteiger partial charge >= 0.3 is 0 Å². The third kappa shape index (κ3) is 3.68. The number of fused-ring (bicyclic) bond motifs is 1. The molecule has 0 amide bonds. The Balaban J connectivity index is 1.69. The van der Waals surface area contributed by atoms with E-state index in [9.17, 15) is 0 Å². The second kappa shape index (κ2) is 6.78. The van der Waals surface area contributed by atoms with Gasteiger partial charge < -0.3 is 0 Å². The van der Waals surface area contributed by atoms with Crippen LogP contribution in [0.15, 0.2) is 59.6 Å². The molecule has 3 aromatic carbocycles. The highest BCUT2D eigenvalue weighted by molar-refractivity contribution is 5.83. The summed E-state index contributed by atoms with van der Waals surface area (Å²) in [5.41, 5.74) is 6.66. The molecule has 0 radical (unpaired) electrons. The molecule has 0 fully saturated rings. The molecule has 0 spiro atoms. The van der Waals surface area contributed by atoms with E-state index in [1.54, 1.807) is 0 Å². The Morgan fingerprint density at radius 1 is 0.826 bits per heavy atom. The average Bonchev–Trinajstić information content (AvgIpc) is 2.53. The summed E-state index contributed by atoms with van der Waals surface area (Å²) in [7, 11) is 0. The first-order chi connectivity index (χ1) is 11.1. The van der Waals surface area contributed by atoms with Crippen LogP contribution >= 0.6 is 0 Å². The van der Waals surface area contributed by atoms with E-state index >= 15 is 0 Å². The lowest BCUT2D eigenvalue weighted by atomic mass is 10.00. The third-order valence-electron chi connectivity index (χ3n) is 4.36. The lowest BCUT2D eigenvalue weighted by Gasteiger charge is -2.08. The quantitative estimate of drug-likeness (QED) is 0.558. The zero-order valence-corrected chi connectivity index (χ0v) is 14.1. The van der Waals surface area contributed by atoms with Gasteiger partial charge in [-0.3, -0.25) is 4.99 Å². The summed E-state index contributed by atoms with van der Waals surface area (Å²) < 4.78 is 0. The number of nitrogens with zero attached hydrogens (tertiary/aromatic N) is 1. The topological polar surface area (TPSA) is 12.4 Å². The zero-order chi connectivity index (χ0) is 16.2. The number of aryl methyl sites for hydroxylation is 3. The fourth-order valence-corrected chi connectivity index (χ4v) is 3.15. The van der Waals surface area contributed by atoms with Crippen molar-refractivity contribution in [2.75, 3.05) is 0 Å². The van der Waals surface area contributed by atoms with Crippen molar-refractivity contribution in [1.29, 1.82) is 0 Å². The number of hydrogen-bond acceptors (Lipinski definition) is 1. The molecule has 0 unspecified atom stereocenters. The standard InChI is InChI=1S/C22H23N/c1-16-12-17(2)22(18(3)13-16)15-23-11-10-19-8-9-20-6-4-5-7-21(20)14-19/h4-9,11-14H,10,15H2,1-3H3. The second-order valence-electron chi connectivity index (χ2n) is 6.29. The Labute approximate surface area is 138 Å². The van der Waals surface area contributed by atoms with E-state index < -0.39 is 0 Å². The van der Waals surface area contributed by atoms with E-state index in [2.05, 4.69) is 80.4 Å². The molecule has 0 aliphatic rings. The van der Waals surface area contributed by atoms with Crippen LogP contribution in [-0.2, 0) is 13.0 Å². The molecule has 3 rings (SSSR count). The lowest BCUT2D eigenvalue weighted by molar-refractivity contribution is 1.02. The van der Waals surface area contributed by atoms with Crippen LogP contribution in [0, 0.1) is 20.8 Å². The summed E-state index contributed by atoms with van der Waals surface area (Å²) in [4.78, 5) is 4.64. The van der Waals surface area contributed by atoms with Crippen LogP contribution in [-0.4, -0.2) is 6.21 Å². The van der Waals surface area contributed by atoms with Gasteiger partial charge in [0.25, 0.3) is 0 Å². The van der Waals surface area contributed by atoms with E-state index in [1.165, 1.54) is 38.6 Å². The smallest absolute Gasteiger partial charge is 0.0641 e. The molecular weight excluding hydrogens is 278 g/mol. The SMILES string of the molecule is Cc1cc(C)c(CN=CCc2ccc3ccccc3c2)c(C)c1. The van der Waals surface area contributed by atoms with Gasteiger partial charge in [-0.05, 0) is 53.8 Å². The Morgan fingerprint density at radius 2 is 1.52 bits per heavy atom. The Kier molecular flexibility index (Phi) is 4.57. The molecule has 0 aliphatic carbocycles. The van der Waals surface area contributed by atoms with Crippen molar-refractivity contribution in [1.82, 2.24) is 0 Å². The van der Waals surface area contributed by atoms with Gasteiger partial charge in [0.15, 0.2) is 0 Å². The Hall–Kier alpha value is -2.41. The van der Waals surface area contributed by atoms with E-state index in [4.69, 9.17) is 0 Å².